The molecule has 5 heteroatoms. The van der Waals surface area contributed by atoms with Crippen molar-refractivity contribution in [2.75, 3.05) is 13.2 Å². The average Bonchev–Trinajstić information content (AvgIpc) is 2.51. The molecule has 0 radical (unpaired) electrons. The van der Waals surface area contributed by atoms with Crippen LogP contribution in [0.2, 0.25) is 0 Å². The van der Waals surface area contributed by atoms with Crippen molar-refractivity contribution in [3.05, 3.63) is 0 Å². The number of carbonyl (C=O) groups is 3. The van der Waals surface area contributed by atoms with Crippen LogP contribution in [-0.4, -0.2) is 31.3 Å². The van der Waals surface area contributed by atoms with Gasteiger partial charge in [-0.25, -0.2) is 0 Å². The molecule has 0 aromatic carbocycles. The number of hydrogen-bond donors (Lipinski definition) is 1. The van der Waals surface area contributed by atoms with Crippen molar-refractivity contribution < 1.29 is 19.1 Å². The molecule has 1 amide bonds. The van der Waals surface area contributed by atoms with Gasteiger partial charge >= 0.3 is 5.97 Å². The molecule has 2 atom stereocenters. The number of hydrogen-bond acceptors (Lipinski definition) is 4. The molecule has 0 rings (SSSR count). The van der Waals surface area contributed by atoms with Crippen molar-refractivity contribution in [2.45, 2.75) is 60.3 Å². The van der Waals surface area contributed by atoms with Gasteiger partial charge in [0.05, 0.1) is 12.0 Å². The van der Waals surface area contributed by atoms with Crippen LogP contribution >= 0.6 is 0 Å². The van der Waals surface area contributed by atoms with E-state index in [9.17, 15) is 14.4 Å². The molecule has 0 aliphatic rings. The zero-order valence-electron chi connectivity index (χ0n) is 14.6. The molecule has 0 aromatic heterocycles. The fourth-order valence-electron chi connectivity index (χ4n) is 2.08. The Morgan fingerprint density at radius 2 is 1.82 bits per heavy atom. The van der Waals surface area contributed by atoms with Crippen molar-refractivity contribution in [1.82, 2.24) is 5.32 Å². The third kappa shape index (κ3) is 6.58. The van der Waals surface area contributed by atoms with Gasteiger partial charge in [0.1, 0.15) is 6.29 Å². The smallest absolute Gasteiger partial charge is 0.311 e. The molecular formula is C17H31NO4. The van der Waals surface area contributed by atoms with E-state index in [2.05, 4.69) is 5.32 Å². The topological polar surface area (TPSA) is 72.5 Å². The number of ether oxygens (including phenoxy) is 1. The Kier molecular flexibility index (Phi) is 9.70. The van der Waals surface area contributed by atoms with Crippen molar-refractivity contribution >= 4 is 18.2 Å². The van der Waals surface area contributed by atoms with Crippen LogP contribution in [0.3, 0.4) is 0 Å². The lowest BCUT2D eigenvalue weighted by molar-refractivity contribution is -0.154. The second-order valence-electron chi connectivity index (χ2n) is 6.24. The molecule has 0 spiro atoms. The van der Waals surface area contributed by atoms with Gasteiger partial charge in [0.2, 0.25) is 5.91 Å². The Balaban J connectivity index is 4.08. The first kappa shape index (κ1) is 20.6. The summed E-state index contributed by atoms with van der Waals surface area (Å²) in [7, 11) is 0. The van der Waals surface area contributed by atoms with Gasteiger partial charge in [0.25, 0.3) is 0 Å². The molecule has 0 bridgehead atoms. The summed E-state index contributed by atoms with van der Waals surface area (Å²) in [6.07, 6.45) is 3.47. The standard InChI is InChI=1S/C17H31NO4/c1-6-13(12-19)14(7-2)15(20)18-10-9-11-22-16(21)17(4,5)8-3/h12-14H,6-11H2,1-5H3,(H,18,20). The van der Waals surface area contributed by atoms with E-state index in [1.807, 2.05) is 34.6 Å². The van der Waals surface area contributed by atoms with Gasteiger partial charge in [0, 0.05) is 18.4 Å². The highest BCUT2D eigenvalue weighted by Gasteiger charge is 2.27. The van der Waals surface area contributed by atoms with Gasteiger partial charge in [-0.15, -0.1) is 0 Å². The molecule has 0 aliphatic heterocycles. The van der Waals surface area contributed by atoms with Crippen molar-refractivity contribution in [1.29, 1.82) is 0 Å². The Hall–Kier alpha value is -1.39. The fraction of sp³-hybridized carbons (Fsp3) is 0.824. The quantitative estimate of drug-likeness (QED) is 0.362. The van der Waals surface area contributed by atoms with E-state index >= 15 is 0 Å². The highest BCUT2D eigenvalue weighted by atomic mass is 16.5. The van der Waals surface area contributed by atoms with E-state index in [1.165, 1.54) is 0 Å². The lowest BCUT2D eigenvalue weighted by Gasteiger charge is -2.21. The molecular weight excluding hydrogens is 282 g/mol. The highest BCUT2D eigenvalue weighted by molar-refractivity contribution is 5.81. The van der Waals surface area contributed by atoms with Crippen LogP contribution in [0.4, 0.5) is 0 Å². The first-order valence-corrected chi connectivity index (χ1v) is 8.24. The predicted octanol–water partition coefficient (Wildman–Crippen LogP) is 2.72. The first-order valence-electron chi connectivity index (χ1n) is 8.24. The van der Waals surface area contributed by atoms with Crippen molar-refractivity contribution in [2.24, 2.45) is 17.3 Å². The lowest BCUT2D eigenvalue weighted by atomic mass is 9.88. The molecule has 1 N–H and O–H groups in total. The fourth-order valence-corrected chi connectivity index (χ4v) is 2.08. The van der Waals surface area contributed by atoms with Gasteiger partial charge in [-0.2, -0.15) is 0 Å². The number of aldehydes is 1. The monoisotopic (exact) mass is 313 g/mol. The minimum Gasteiger partial charge on any atom is -0.465 e. The van der Waals surface area contributed by atoms with Gasteiger partial charge in [-0.3, -0.25) is 9.59 Å². The molecule has 0 aromatic rings. The van der Waals surface area contributed by atoms with E-state index in [1.54, 1.807) is 0 Å². The molecule has 0 aliphatic carbocycles. The summed E-state index contributed by atoms with van der Waals surface area (Å²) in [6.45, 7) is 10.2. The van der Waals surface area contributed by atoms with E-state index in [-0.39, 0.29) is 23.7 Å². The van der Waals surface area contributed by atoms with Crippen LogP contribution in [0.1, 0.15) is 60.3 Å². The summed E-state index contributed by atoms with van der Waals surface area (Å²) >= 11 is 0. The molecule has 0 saturated carbocycles. The zero-order chi connectivity index (χ0) is 17.2. The molecule has 0 fully saturated rings. The number of esters is 1. The summed E-state index contributed by atoms with van der Waals surface area (Å²) in [5, 5.41) is 2.82. The van der Waals surface area contributed by atoms with Gasteiger partial charge in [0.15, 0.2) is 0 Å². The average molecular weight is 313 g/mol. The van der Waals surface area contributed by atoms with E-state index < -0.39 is 5.41 Å². The Morgan fingerprint density at radius 3 is 2.27 bits per heavy atom. The molecule has 2 unspecified atom stereocenters. The molecule has 22 heavy (non-hydrogen) atoms. The summed E-state index contributed by atoms with van der Waals surface area (Å²) in [6, 6.07) is 0. The normalized spacial score (nSPS) is 14.0. The maximum Gasteiger partial charge on any atom is 0.311 e. The number of nitrogens with one attached hydrogen (secondary N) is 1. The van der Waals surface area contributed by atoms with E-state index in [4.69, 9.17) is 4.74 Å². The summed E-state index contributed by atoms with van der Waals surface area (Å²) < 4.78 is 5.21. The summed E-state index contributed by atoms with van der Waals surface area (Å²) in [5.74, 6) is -0.807. The van der Waals surface area contributed by atoms with E-state index in [0.717, 1.165) is 12.7 Å². The first-order chi connectivity index (χ1) is 10.3. The maximum absolute atomic E-state index is 12.1. The molecule has 128 valence electrons. The second kappa shape index (κ2) is 10.4. The van der Waals surface area contributed by atoms with Crippen LogP contribution in [0.15, 0.2) is 0 Å². The van der Waals surface area contributed by atoms with Gasteiger partial charge in [-0.05, 0) is 39.5 Å². The van der Waals surface area contributed by atoms with Gasteiger partial charge in [-0.1, -0.05) is 20.8 Å². The minimum atomic E-state index is -0.463. The second-order valence-corrected chi connectivity index (χ2v) is 6.24. The Bertz CT molecular complexity index is 366. The minimum absolute atomic E-state index is 0.0957. The lowest BCUT2D eigenvalue weighted by Crippen LogP contribution is -2.36. The van der Waals surface area contributed by atoms with Crippen LogP contribution in [-0.2, 0) is 19.1 Å². The Morgan fingerprint density at radius 1 is 1.18 bits per heavy atom. The molecule has 5 nitrogen and oxygen atoms in total. The van der Waals surface area contributed by atoms with Crippen LogP contribution in [0, 0.1) is 17.3 Å². The predicted molar refractivity (Wildman–Crippen MR) is 86.3 cm³/mol. The summed E-state index contributed by atoms with van der Waals surface area (Å²) in [5.41, 5.74) is -0.463. The summed E-state index contributed by atoms with van der Waals surface area (Å²) in [4.78, 5) is 34.8. The largest absolute Gasteiger partial charge is 0.465 e. The van der Waals surface area contributed by atoms with Crippen molar-refractivity contribution in [3.63, 3.8) is 0 Å². The van der Waals surface area contributed by atoms with Crippen LogP contribution in [0.25, 0.3) is 0 Å². The third-order valence-corrected chi connectivity index (χ3v) is 4.23. The van der Waals surface area contributed by atoms with Crippen LogP contribution < -0.4 is 5.32 Å². The molecule has 0 heterocycles. The zero-order valence-corrected chi connectivity index (χ0v) is 14.6. The SMILES string of the molecule is CCC(C=O)C(CC)C(=O)NCCCOC(=O)C(C)(C)CC. The maximum atomic E-state index is 12.1. The Labute approximate surface area is 134 Å². The van der Waals surface area contributed by atoms with Gasteiger partial charge < -0.3 is 14.8 Å². The number of amides is 1. The highest BCUT2D eigenvalue weighted by Crippen LogP contribution is 2.21. The van der Waals surface area contributed by atoms with Crippen molar-refractivity contribution in [3.8, 4) is 0 Å². The third-order valence-electron chi connectivity index (χ3n) is 4.23. The number of rotatable bonds is 11. The molecule has 0 saturated heterocycles. The van der Waals surface area contributed by atoms with E-state index in [0.29, 0.717) is 32.4 Å². The number of carbonyl (C=O) groups excluding carboxylic acids is 3. The van der Waals surface area contributed by atoms with Crippen LogP contribution in [0.5, 0.6) is 0 Å².